The van der Waals surface area contributed by atoms with Crippen molar-refractivity contribution < 1.29 is 5.11 Å². The van der Waals surface area contributed by atoms with Gasteiger partial charge in [0.2, 0.25) is 0 Å². The Bertz CT molecular complexity index is 133. The molecule has 1 N–H and O–H groups in total. The van der Waals surface area contributed by atoms with Crippen LogP contribution in [0.1, 0.15) is 46.5 Å². The van der Waals surface area contributed by atoms with Crippen LogP contribution in [0.3, 0.4) is 0 Å². The number of hydrogen-bond donors (Lipinski definition) is 1. The molecule has 1 nitrogen and oxygen atoms in total. The van der Waals surface area contributed by atoms with E-state index in [1.807, 2.05) is 0 Å². The fourth-order valence-corrected chi connectivity index (χ4v) is 2.45. The van der Waals surface area contributed by atoms with Crippen LogP contribution in [-0.2, 0) is 0 Å². The summed E-state index contributed by atoms with van der Waals surface area (Å²) in [7, 11) is 0. The second-order valence-electron chi connectivity index (χ2n) is 4.54. The molecule has 0 heterocycles. The maximum absolute atomic E-state index is 9.63. The van der Waals surface area contributed by atoms with E-state index in [1.54, 1.807) is 0 Å². The van der Waals surface area contributed by atoms with Crippen LogP contribution in [0.15, 0.2) is 0 Å². The van der Waals surface area contributed by atoms with Crippen molar-refractivity contribution in [1.82, 2.24) is 0 Å². The van der Waals surface area contributed by atoms with Crippen molar-refractivity contribution in [2.45, 2.75) is 52.6 Å². The number of hydrogen-bond acceptors (Lipinski definition) is 1. The van der Waals surface area contributed by atoms with Gasteiger partial charge >= 0.3 is 0 Å². The van der Waals surface area contributed by atoms with E-state index in [-0.39, 0.29) is 6.10 Å². The van der Waals surface area contributed by atoms with Crippen LogP contribution in [0, 0.1) is 17.8 Å². The average molecular weight is 170 g/mol. The topological polar surface area (TPSA) is 20.2 Å². The average Bonchev–Trinajstić information content (AvgIpc) is 2.01. The van der Waals surface area contributed by atoms with Crippen LogP contribution in [0.25, 0.3) is 0 Å². The predicted molar refractivity (Wildman–Crippen MR) is 52.0 cm³/mol. The Labute approximate surface area is 76.2 Å². The summed E-state index contributed by atoms with van der Waals surface area (Å²) in [5, 5.41) is 9.63. The lowest BCUT2D eigenvalue weighted by Gasteiger charge is -2.36. The molecule has 4 atom stereocenters. The Hall–Kier alpha value is -0.0400. The Kier molecular flexibility index (Phi) is 3.57. The van der Waals surface area contributed by atoms with E-state index in [2.05, 4.69) is 20.8 Å². The van der Waals surface area contributed by atoms with Crippen LogP contribution >= 0.6 is 0 Å². The maximum Gasteiger partial charge on any atom is 0.0568 e. The van der Waals surface area contributed by atoms with E-state index in [9.17, 15) is 5.11 Å². The number of aliphatic hydroxyl groups is 1. The lowest BCUT2D eigenvalue weighted by molar-refractivity contribution is 0.0256. The highest BCUT2D eigenvalue weighted by Gasteiger charge is 2.30. The van der Waals surface area contributed by atoms with Gasteiger partial charge in [-0.3, -0.25) is 0 Å². The van der Waals surface area contributed by atoms with Crippen LogP contribution in [0.4, 0.5) is 0 Å². The van der Waals surface area contributed by atoms with Crippen LogP contribution in [0.2, 0.25) is 0 Å². The Morgan fingerprint density at radius 3 is 2.42 bits per heavy atom. The van der Waals surface area contributed by atoms with Gasteiger partial charge in [-0.25, -0.2) is 0 Å². The van der Waals surface area contributed by atoms with Crippen molar-refractivity contribution in [2.75, 3.05) is 0 Å². The van der Waals surface area contributed by atoms with Crippen molar-refractivity contribution >= 4 is 0 Å². The van der Waals surface area contributed by atoms with Gasteiger partial charge < -0.3 is 5.11 Å². The molecule has 0 aromatic carbocycles. The molecule has 0 saturated heterocycles. The van der Waals surface area contributed by atoms with E-state index in [0.29, 0.717) is 5.92 Å². The molecule has 0 radical (unpaired) electrons. The minimum atomic E-state index is -0.0342. The summed E-state index contributed by atoms with van der Waals surface area (Å²) in [5.41, 5.74) is 0. The Morgan fingerprint density at radius 1 is 1.17 bits per heavy atom. The van der Waals surface area contributed by atoms with Gasteiger partial charge in [-0.15, -0.1) is 0 Å². The summed E-state index contributed by atoms with van der Waals surface area (Å²) in [4.78, 5) is 0. The summed E-state index contributed by atoms with van der Waals surface area (Å²) >= 11 is 0. The molecule has 12 heavy (non-hydrogen) atoms. The standard InChI is InChI=1S/C11H22O/c1-4-5-10-6-9(3)11(12)7-8(10)2/h8-12H,4-7H2,1-3H3. The van der Waals surface area contributed by atoms with Gasteiger partial charge in [0.25, 0.3) is 0 Å². The van der Waals surface area contributed by atoms with E-state index in [0.717, 1.165) is 18.3 Å². The number of rotatable bonds is 2. The predicted octanol–water partition coefficient (Wildman–Crippen LogP) is 2.83. The zero-order valence-electron chi connectivity index (χ0n) is 8.59. The molecule has 1 aliphatic rings. The van der Waals surface area contributed by atoms with E-state index < -0.39 is 0 Å². The van der Waals surface area contributed by atoms with Crippen LogP contribution in [-0.4, -0.2) is 11.2 Å². The van der Waals surface area contributed by atoms with Gasteiger partial charge in [-0.1, -0.05) is 33.6 Å². The van der Waals surface area contributed by atoms with Crippen LogP contribution in [0.5, 0.6) is 0 Å². The third-order valence-corrected chi connectivity index (χ3v) is 3.41. The first-order valence-corrected chi connectivity index (χ1v) is 5.33. The van der Waals surface area contributed by atoms with Gasteiger partial charge in [0.15, 0.2) is 0 Å². The summed E-state index contributed by atoms with van der Waals surface area (Å²) in [6, 6.07) is 0. The molecule has 0 spiro atoms. The quantitative estimate of drug-likeness (QED) is 0.675. The molecule has 0 aromatic rings. The van der Waals surface area contributed by atoms with Crippen LogP contribution < -0.4 is 0 Å². The SMILES string of the molecule is CCCC1CC(C)C(O)CC1C. The molecule has 0 bridgehead atoms. The van der Waals surface area contributed by atoms with Gasteiger partial charge in [0.05, 0.1) is 6.10 Å². The zero-order chi connectivity index (χ0) is 9.14. The van der Waals surface area contributed by atoms with Crippen molar-refractivity contribution in [3.05, 3.63) is 0 Å². The Balaban J connectivity index is 2.43. The third kappa shape index (κ3) is 2.22. The number of aliphatic hydroxyl groups excluding tert-OH is 1. The van der Waals surface area contributed by atoms with Gasteiger partial charge in [0.1, 0.15) is 0 Å². The summed E-state index contributed by atoms with van der Waals surface area (Å²) in [5.74, 6) is 2.13. The molecule has 1 fully saturated rings. The first kappa shape index (κ1) is 10.0. The molecule has 0 amide bonds. The fraction of sp³-hybridized carbons (Fsp3) is 1.00. The summed E-state index contributed by atoms with van der Waals surface area (Å²) in [6.07, 6.45) is 4.85. The van der Waals surface area contributed by atoms with Crippen molar-refractivity contribution in [3.8, 4) is 0 Å². The highest BCUT2D eigenvalue weighted by atomic mass is 16.3. The van der Waals surface area contributed by atoms with Gasteiger partial charge in [0, 0.05) is 0 Å². The monoisotopic (exact) mass is 170 g/mol. The van der Waals surface area contributed by atoms with E-state index >= 15 is 0 Å². The van der Waals surface area contributed by atoms with Crippen molar-refractivity contribution in [1.29, 1.82) is 0 Å². The lowest BCUT2D eigenvalue weighted by atomic mass is 9.72. The first-order valence-electron chi connectivity index (χ1n) is 5.33. The van der Waals surface area contributed by atoms with Crippen molar-refractivity contribution in [2.24, 2.45) is 17.8 Å². The highest BCUT2D eigenvalue weighted by Crippen LogP contribution is 2.36. The molecular weight excluding hydrogens is 148 g/mol. The van der Waals surface area contributed by atoms with E-state index in [4.69, 9.17) is 0 Å². The molecule has 72 valence electrons. The Morgan fingerprint density at radius 2 is 1.83 bits per heavy atom. The molecule has 0 aromatic heterocycles. The minimum absolute atomic E-state index is 0.0342. The molecule has 1 heteroatoms. The molecular formula is C11H22O. The maximum atomic E-state index is 9.63. The van der Waals surface area contributed by atoms with E-state index in [1.165, 1.54) is 19.3 Å². The van der Waals surface area contributed by atoms with Gasteiger partial charge in [-0.05, 0) is 30.6 Å². The molecule has 4 unspecified atom stereocenters. The second-order valence-corrected chi connectivity index (χ2v) is 4.54. The molecule has 1 rings (SSSR count). The van der Waals surface area contributed by atoms with Crippen molar-refractivity contribution in [3.63, 3.8) is 0 Å². The fourth-order valence-electron chi connectivity index (χ4n) is 2.45. The molecule has 0 aliphatic heterocycles. The summed E-state index contributed by atoms with van der Waals surface area (Å²) < 4.78 is 0. The third-order valence-electron chi connectivity index (χ3n) is 3.41. The molecule has 1 aliphatic carbocycles. The highest BCUT2D eigenvalue weighted by molar-refractivity contribution is 4.81. The molecule has 1 saturated carbocycles. The zero-order valence-corrected chi connectivity index (χ0v) is 8.59. The normalized spacial score (nSPS) is 43.0. The van der Waals surface area contributed by atoms with Gasteiger partial charge in [-0.2, -0.15) is 0 Å². The smallest absolute Gasteiger partial charge is 0.0568 e. The largest absolute Gasteiger partial charge is 0.393 e. The first-order chi connectivity index (χ1) is 5.65. The summed E-state index contributed by atoms with van der Waals surface area (Å²) in [6.45, 7) is 6.72. The minimum Gasteiger partial charge on any atom is -0.393 e. The lowest BCUT2D eigenvalue weighted by Crippen LogP contribution is -2.32. The second kappa shape index (κ2) is 4.27.